The monoisotopic (exact) mass is 292 g/mol. The van der Waals surface area contributed by atoms with Crippen LogP contribution in [0.4, 0.5) is 5.69 Å². The Hall–Kier alpha value is -2.08. The van der Waals surface area contributed by atoms with Crippen molar-refractivity contribution in [3.63, 3.8) is 0 Å². The van der Waals surface area contributed by atoms with Crippen LogP contribution in [0.25, 0.3) is 0 Å². The van der Waals surface area contributed by atoms with Crippen LogP contribution in [-0.4, -0.2) is 48.6 Å². The lowest BCUT2D eigenvalue weighted by Crippen LogP contribution is -2.36. The summed E-state index contributed by atoms with van der Waals surface area (Å²) in [6, 6.07) is 4.35. The molecule has 0 unspecified atom stereocenters. The third-order valence-corrected chi connectivity index (χ3v) is 3.50. The predicted molar refractivity (Wildman–Crippen MR) is 78.4 cm³/mol. The zero-order valence-corrected chi connectivity index (χ0v) is 12.1. The summed E-state index contributed by atoms with van der Waals surface area (Å²) in [7, 11) is 1.25. The molecule has 1 fully saturated rings. The van der Waals surface area contributed by atoms with E-state index in [1.165, 1.54) is 25.7 Å². The fraction of sp³-hybridized carbons (Fsp3) is 0.467. The Kier molecular flexibility index (Phi) is 5.16. The van der Waals surface area contributed by atoms with Gasteiger partial charge in [-0.3, -0.25) is 9.69 Å². The number of likely N-dealkylation sites (tertiary alicyclic amines) is 1. The van der Waals surface area contributed by atoms with Crippen LogP contribution in [-0.2, 0) is 9.53 Å². The molecule has 6 nitrogen and oxygen atoms in total. The van der Waals surface area contributed by atoms with Crippen LogP contribution in [0.1, 0.15) is 29.6 Å². The minimum Gasteiger partial charge on any atom is -0.507 e. The van der Waals surface area contributed by atoms with Gasteiger partial charge in [-0.15, -0.1) is 0 Å². The molecule has 0 saturated carbocycles. The van der Waals surface area contributed by atoms with E-state index in [4.69, 9.17) is 0 Å². The minimum atomic E-state index is -0.612. The van der Waals surface area contributed by atoms with Crippen molar-refractivity contribution >= 4 is 17.6 Å². The molecule has 1 heterocycles. The molecule has 0 bridgehead atoms. The maximum absolute atomic E-state index is 11.9. The number of anilines is 1. The first kappa shape index (κ1) is 15.3. The number of amides is 1. The molecule has 21 heavy (non-hydrogen) atoms. The molecule has 0 aromatic heterocycles. The van der Waals surface area contributed by atoms with Gasteiger partial charge in [-0.25, -0.2) is 4.79 Å². The number of ether oxygens (including phenoxy) is 1. The number of phenols is 1. The van der Waals surface area contributed by atoms with E-state index in [1.807, 2.05) is 0 Å². The van der Waals surface area contributed by atoms with Gasteiger partial charge in [0.25, 0.3) is 0 Å². The van der Waals surface area contributed by atoms with Crippen molar-refractivity contribution in [3.05, 3.63) is 23.8 Å². The van der Waals surface area contributed by atoms with Gasteiger partial charge >= 0.3 is 5.97 Å². The zero-order valence-electron chi connectivity index (χ0n) is 12.1. The molecule has 1 saturated heterocycles. The second-order valence-corrected chi connectivity index (χ2v) is 5.11. The lowest BCUT2D eigenvalue weighted by atomic mass is 10.1. The molecule has 0 spiro atoms. The Balaban J connectivity index is 1.94. The van der Waals surface area contributed by atoms with Gasteiger partial charge in [0.1, 0.15) is 11.3 Å². The van der Waals surface area contributed by atoms with Crippen molar-refractivity contribution in [1.29, 1.82) is 0 Å². The van der Waals surface area contributed by atoms with Crippen molar-refractivity contribution in [2.45, 2.75) is 19.3 Å². The summed E-state index contributed by atoms with van der Waals surface area (Å²) in [5.74, 6) is -0.946. The standard InChI is InChI=1S/C15H20N2O4/c1-21-15(20)12-6-5-11(9-13(12)18)16-14(19)10-17-7-3-2-4-8-17/h5-6,9,18H,2-4,7-8,10H2,1H3,(H,16,19). The number of nitrogens with one attached hydrogen (secondary N) is 1. The number of benzene rings is 1. The van der Waals surface area contributed by atoms with E-state index < -0.39 is 5.97 Å². The van der Waals surface area contributed by atoms with E-state index in [9.17, 15) is 14.7 Å². The van der Waals surface area contributed by atoms with Crippen LogP contribution in [0.2, 0.25) is 0 Å². The molecule has 0 aliphatic carbocycles. The molecule has 1 amide bonds. The highest BCUT2D eigenvalue weighted by atomic mass is 16.5. The third kappa shape index (κ3) is 4.19. The number of esters is 1. The summed E-state index contributed by atoms with van der Waals surface area (Å²) in [6.45, 7) is 2.24. The SMILES string of the molecule is COC(=O)c1ccc(NC(=O)CN2CCCCC2)cc1O. The van der Waals surface area contributed by atoms with Crippen molar-refractivity contribution in [2.24, 2.45) is 0 Å². The molecule has 6 heteroatoms. The lowest BCUT2D eigenvalue weighted by molar-refractivity contribution is -0.117. The summed E-state index contributed by atoms with van der Waals surface area (Å²) in [5.41, 5.74) is 0.536. The highest BCUT2D eigenvalue weighted by Gasteiger charge is 2.15. The normalized spacial score (nSPS) is 15.5. The van der Waals surface area contributed by atoms with Crippen molar-refractivity contribution in [2.75, 3.05) is 32.1 Å². The van der Waals surface area contributed by atoms with E-state index >= 15 is 0 Å². The Morgan fingerprint density at radius 2 is 2.00 bits per heavy atom. The fourth-order valence-electron chi connectivity index (χ4n) is 2.41. The van der Waals surface area contributed by atoms with Crippen LogP contribution < -0.4 is 5.32 Å². The topological polar surface area (TPSA) is 78.9 Å². The summed E-state index contributed by atoms with van der Waals surface area (Å²) in [6.07, 6.45) is 3.48. The number of methoxy groups -OCH3 is 1. The number of carbonyl (C=O) groups excluding carboxylic acids is 2. The molecule has 1 aliphatic heterocycles. The maximum atomic E-state index is 11.9. The highest BCUT2D eigenvalue weighted by molar-refractivity contribution is 5.95. The Labute approximate surface area is 123 Å². The van der Waals surface area contributed by atoms with Gasteiger partial charge in [0, 0.05) is 11.8 Å². The minimum absolute atomic E-state index is 0.0755. The number of hydrogen-bond acceptors (Lipinski definition) is 5. The largest absolute Gasteiger partial charge is 0.507 e. The predicted octanol–water partition coefficient (Wildman–Crippen LogP) is 1.60. The number of nitrogens with zero attached hydrogens (tertiary/aromatic N) is 1. The summed E-state index contributed by atoms with van der Waals surface area (Å²) < 4.78 is 4.55. The quantitative estimate of drug-likeness (QED) is 0.824. The van der Waals surface area contributed by atoms with Gasteiger partial charge < -0.3 is 15.2 Å². The average Bonchev–Trinajstić information content (AvgIpc) is 2.47. The summed E-state index contributed by atoms with van der Waals surface area (Å²) in [4.78, 5) is 25.4. The molecule has 1 aromatic carbocycles. The number of phenolic OH excluding ortho intramolecular Hbond substituents is 1. The van der Waals surface area contributed by atoms with Crippen molar-refractivity contribution in [1.82, 2.24) is 4.90 Å². The molecular formula is C15H20N2O4. The van der Waals surface area contributed by atoms with Gasteiger partial charge in [-0.05, 0) is 38.1 Å². The summed E-state index contributed by atoms with van der Waals surface area (Å²) in [5, 5.41) is 12.5. The second-order valence-electron chi connectivity index (χ2n) is 5.11. The second kappa shape index (κ2) is 7.08. The first-order valence-corrected chi connectivity index (χ1v) is 7.03. The first-order chi connectivity index (χ1) is 10.1. The lowest BCUT2D eigenvalue weighted by Gasteiger charge is -2.25. The van der Waals surface area contributed by atoms with Crippen LogP contribution in [0.5, 0.6) is 5.75 Å². The molecule has 0 atom stereocenters. The van der Waals surface area contributed by atoms with E-state index in [0.29, 0.717) is 12.2 Å². The van der Waals surface area contributed by atoms with Crippen LogP contribution >= 0.6 is 0 Å². The summed E-state index contributed by atoms with van der Waals surface area (Å²) >= 11 is 0. The van der Waals surface area contributed by atoms with Gasteiger partial charge in [0.15, 0.2) is 0 Å². The van der Waals surface area contributed by atoms with Crippen LogP contribution in [0.3, 0.4) is 0 Å². The van der Waals surface area contributed by atoms with E-state index in [1.54, 1.807) is 6.07 Å². The van der Waals surface area contributed by atoms with Crippen molar-refractivity contribution in [3.8, 4) is 5.75 Å². The third-order valence-electron chi connectivity index (χ3n) is 3.50. The number of rotatable bonds is 4. The molecule has 0 radical (unpaired) electrons. The Morgan fingerprint density at radius 1 is 1.29 bits per heavy atom. The number of piperidine rings is 1. The van der Waals surface area contributed by atoms with Crippen molar-refractivity contribution < 1.29 is 19.4 Å². The van der Waals surface area contributed by atoms with E-state index in [0.717, 1.165) is 25.9 Å². The van der Waals surface area contributed by atoms with Crippen LogP contribution in [0, 0.1) is 0 Å². The molecule has 2 N–H and O–H groups in total. The molecule has 1 aliphatic rings. The smallest absolute Gasteiger partial charge is 0.341 e. The number of carbonyl (C=O) groups is 2. The van der Waals surface area contributed by atoms with Gasteiger partial charge in [-0.2, -0.15) is 0 Å². The molecule has 114 valence electrons. The maximum Gasteiger partial charge on any atom is 0.341 e. The number of aromatic hydroxyl groups is 1. The van der Waals surface area contributed by atoms with Crippen LogP contribution in [0.15, 0.2) is 18.2 Å². The van der Waals surface area contributed by atoms with Gasteiger partial charge in [0.2, 0.25) is 5.91 Å². The molecule has 1 aromatic rings. The average molecular weight is 292 g/mol. The Morgan fingerprint density at radius 3 is 2.62 bits per heavy atom. The molecular weight excluding hydrogens is 272 g/mol. The van der Waals surface area contributed by atoms with E-state index in [-0.39, 0.29) is 17.2 Å². The van der Waals surface area contributed by atoms with E-state index in [2.05, 4.69) is 15.0 Å². The fourth-order valence-corrected chi connectivity index (χ4v) is 2.41. The van der Waals surface area contributed by atoms with Gasteiger partial charge in [-0.1, -0.05) is 6.42 Å². The van der Waals surface area contributed by atoms with Gasteiger partial charge in [0.05, 0.1) is 13.7 Å². The zero-order chi connectivity index (χ0) is 15.2. The highest BCUT2D eigenvalue weighted by Crippen LogP contribution is 2.22. The first-order valence-electron chi connectivity index (χ1n) is 7.03. The molecule has 2 rings (SSSR count). The Bertz CT molecular complexity index is 524. The number of hydrogen-bond donors (Lipinski definition) is 2.